The second-order valence-electron chi connectivity index (χ2n) is 13.7. The number of rotatable bonds is 10. The number of fused-ring (bicyclic) bond motifs is 2. The number of pyridine rings is 3. The number of anilines is 3. The van der Waals surface area contributed by atoms with E-state index >= 15 is 0 Å². The van der Waals surface area contributed by atoms with Gasteiger partial charge in [-0.2, -0.15) is 0 Å². The van der Waals surface area contributed by atoms with E-state index in [4.69, 9.17) is 30.8 Å². The van der Waals surface area contributed by atoms with E-state index in [1.807, 2.05) is 66.2 Å². The van der Waals surface area contributed by atoms with Gasteiger partial charge in [0.15, 0.2) is 12.2 Å². The molecule has 16 heteroatoms. The fourth-order valence-corrected chi connectivity index (χ4v) is 14.2. The number of oxazole rings is 1. The van der Waals surface area contributed by atoms with Gasteiger partial charge in [-0.1, -0.05) is 36.8 Å². The fourth-order valence-electron chi connectivity index (χ4n) is 7.07. The third-order valence-corrected chi connectivity index (χ3v) is 17.6. The van der Waals surface area contributed by atoms with E-state index in [1.165, 1.54) is 40.4 Å². The quantitative estimate of drug-likeness (QED) is 0.120. The van der Waals surface area contributed by atoms with Crippen molar-refractivity contribution in [1.82, 2.24) is 24.9 Å². The number of hydrogen-bond acceptors (Lipinski definition) is 14. The second kappa shape index (κ2) is 14.0. The van der Waals surface area contributed by atoms with E-state index in [2.05, 4.69) is 15.3 Å². The topological polar surface area (TPSA) is 176 Å². The summed E-state index contributed by atoms with van der Waals surface area (Å²) in [5.41, 5.74) is 19.5. The summed E-state index contributed by atoms with van der Waals surface area (Å²) in [7, 11) is -2.46. The molecule has 0 spiro atoms. The van der Waals surface area contributed by atoms with Gasteiger partial charge in [0, 0.05) is 56.2 Å². The number of thiophene rings is 2. The van der Waals surface area contributed by atoms with E-state index in [9.17, 15) is 8.42 Å². The van der Waals surface area contributed by atoms with Gasteiger partial charge in [-0.25, -0.2) is 24.9 Å². The van der Waals surface area contributed by atoms with Gasteiger partial charge < -0.3 is 21.2 Å². The highest BCUT2D eigenvalue weighted by molar-refractivity contribution is 7.88. The van der Waals surface area contributed by atoms with Crippen LogP contribution in [-0.2, 0) is 21.6 Å². The van der Waals surface area contributed by atoms with Crippen molar-refractivity contribution >= 4 is 93.2 Å². The maximum absolute atomic E-state index is 14.0. The number of nitrogens with zero attached hydrogens (tertiary/aromatic N) is 5. The van der Waals surface area contributed by atoms with Crippen LogP contribution in [0.25, 0.3) is 64.8 Å². The summed E-state index contributed by atoms with van der Waals surface area (Å²) in [4.78, 5) is 24.7. The van der Waals surface area contributed by atoms with Crippen LogP contribution >= 0.6 is 34.0 Å². The van der Waals surface area contributed by atoms with E-state index in [1.54, 1.807) is 12.4 Å². The molecule has 2 atom stereocenters. The van der Waals surface area contributed by atoms with Crippen LogP contribution in [0.4, 0.5) is 17.2 Å². The molecule has 7 heterocycles. The Hall–Kier alpha value is -4.87. The Bertz CT molecular complexity index is 2740. The Labute approximate surface area is 332 Å². The Balaban J connectivity index is 0.871. The zero-order valence-corrected chi connectivity index (χ0v) is 33.1. The monoisotopic (exact) mass is 820 g/mol. The van der Waals surface area contributed by atoms with Gasteiger partial charge in [-0.05, 0) is 61.1 Å². The Morgan fingerprint density at radius 1 is 0.782 bits per heavy atom. The van der Waals surface area contributed by atoms with Crippen LogP contribution in [0.1, 0.15) is 32.1 Å². The maximum Gasteiger partial charge on any atom is 0.181 e. The fraction of sp³-hybridized carbons (Fsp3) is 0.205. The normalized spacial score (nSPS) is 18.3. The lowest BCUT2D eigenvalue weighted by molar-refractivity contribution is 0.449. The molecule has 2 unspecified atom stereocenters. The molecular formula is C39H32N8O3S5. The summed E-state index contributed by atoms with van der Waals surface area (Å²) < 4.78 is 34.3. The van der Waals surface area contributed by atoms with Gasteiger partial charge in [0.2, 0.25) is 0 Å². The van der Waals surface area contributed by atoms with Crippen molar-refractivity contribution in [2.24, 2.45) is 0 Å². The third kappa shape index (κ3) is 6.16. The second-order valence-corrected chi connectivity index (χ2v) is 20.4. The molecule has 10 rings (SSSR count). The molecule has 1 aromatic carbocycles. The van der Waals surface area contributed by atoms with Crippen LogP contribution in [0, 0.1) is 0 Å². The summed E-state index contributed by atoms with van der Waals surface area (Å²) in [6.07, 6.45) is 11.1. The zero-order chi connectivity index (χ0) is 37.2. The van der Waals surface area contributed by atoms with Crippen molar-refractivity contribution in [2.75, 3.05) is 16.8 Å². The molecule has 0 bridgehead atoms. The van der Waals surface area contributed by atoms with Gasteiger partial charge in [0.05, 0.1) is 44.9 Å². The molecule has 0 aliphatic heterocycles. The van der Waals surface area contributed by atoms with Gasteiger partial charge in [-0.3, -0.25) is 8.42 Å². The van der Waals surface area contributed by atoms with E-state index < -0.39 is 21.6 Å². The minimum absolute atomic E-state index is 0.0528. The largest absolute Gasteiger partial charge is 0.442 e. The first-order valence-electron chi connectivity index (χ1n) is 17.7. The number of nitrogens with two attached hydrogens (primary N) is 2. The van der Waals surface area contributed by atoms with E-state index in [-0.39, 0.29) is 16.5 Å². The summed E-state index contributed by atoms with van der Waals surface area (Å²) in [5.74, 6) is 1.29. The van der Waals surface area contributed by atoms with Crippen molar-refractivity contribution in [3.63, 3.8) is 0 Å². The van der Waals surface area contributed by atoms with Crippen LogP contribution in [0.2, 0.25) is 0 Å². The van der Waals surface area contributed by atoms with Crippen molar-refractivity contribution in [2.45, 2.75) is 57.1 Å². The smallest absolute Gasteiger partial charge is 0.181 e. The molecule has 0 radical (unpaired) electrons. The van der Waals surface area contributed by atoms with Crippen molar-refractivity contribution in [3.05, 3.63) is 85.0 Å². The Morgan fingerprint density at radius 2 is 1.49 bits per heavy atom. The van der Waals surface area contributed by atoms with Crippen LogP contribution in [0.15, 0.2) is 97.8 Å². The van der Waals surface area contributed by atoms with Crippen LogP contribution < -0.4 is 16.8 Å². The molecule has 2 fully saturated rings. The number of hydrogen-bond donors (Lipinski definition) is 3. The molecule has 0 saturated heterocycles. The summed E-state index contributed by atoms with van der Waals surface area (Å²) in [5, 5.41) is 8.02. The number of nitrogens with one attached hydrogen (secondary N) is 1. The van der Waals surface area contributed by atoms with Crippen molar-refractivity contribution < 1.29 is 12.8 Å². The predicted octanol–water partition coefficient (Wildman–Crippen LogP) is 8.99. The average molecular weight is 821 g/mol. The predicted molar refractivity (Wildman–Crippen MR) is 224 cm³/mol. The molecule has 2 saturated carbocycles. The average Bonchev–Trinajstić information content (AvgIpc) is 4.00. The number of nitrogen functional groups attached to an aromatic ring is 2. The minimum Gasteiger partial charge on any atom is -0.442 e. The summed E-state index contributed by atoms with van der Waals surface area (Å²) >= 11 is 4.34. The molecule has 2 aliphatic carbocycles. The molecule has 55 heavy (non-hydrogen) atoms. The van der Waals surface area contributed by atoms with Gasteiger partial charge >= 0.3 is 0 Å². The van der Waals surface area contributed by atoms with Crippen molar-refractivity contribution in [3.8, 4) is 44.4 Å². The Kier molecular flexibility index (Phi) is 8.82. The Morgan fingerprint density at radius 3 is 2.13 bits per heavy atom. The SMILES string of the molecule is Nc1c(S(=O)C2CC(Nc3ccc(-c4cc(-c5nccs5)c5c(N)c(S(=O)C6CCC6)sc5n4)cn3)C2)sc2nc(-c3cnco3)cc(-c3ccccc3)c12. The highest BCUT2D eigenvalue weighted by Crippen LogP contribution is 2.47. The summed E-state index contributed by atoms with van der Waals surface area (Å²) in [6, 6.07) is 18.0. The molecule has 5 N–H and O–H groups in total. The zero-order valence-electron chi connectivity index (χ0n) is 29.0. The number of thiazole rings is 1. The van der Waals surface area contributed by atoms with Crippen LogP contribution in [0.3, 0.4) is 0 Å². The first-order chi connectivity index (χ1) is 26.9. The van der Waals surface area contributed by atoms with E-state index in [0.717, 1.165) is 73.6 Å². The first kappa shape index (κ1) is 34.6. The van der Waals surface area contributed by atoms with Gasteiger partial charge in [0.25, 0.3) is 0 Å². The lowest BCUT2D eigenvalue weighted by atomic mass is 9.92. The van der Waals surface area contributed by atoms with Gasteiger partial charge in [-0.15, -0.1) is 34.0 Å². The molecular weight excluding hydrogens is 789 g/mol. The highest BCUT2D eigenvalue weighted by Gasteiger charge is 2.37. The lowest BCUT2D eigenvalue weighted by Crippen LogP contribution is -2.41. The highest BCUT2D eigenvalue weighted by atomic mass is 32.2. The molecule has 11 nitrogen and oxygen atoms in total. The standard InChI is InChI=1S/C39H32N8O3S5/c40-33-31-25(20-5-2-1-3-6-20)15-28(29-18-42-19-50-29)47-36(31)52-39(33)55(49)24-13-22(14-24)45-30-10-9-21(17-44-30)27-16-26(35-43-11-12-51-35)32-34(41)38(53-37(32)46-27)54(48)23-7-4-8-23/h1-3,5-6,9-12,15-19,22-24H,4,7-8,13-14,40-41H2,(H,44,45). The summed E-state index contributed by atoms with van der Waals surface area (Å²) in [6.45, 7) is 0. The van der Waals surface area contributed by atoms with Crippen molar-refractivity contribution in [1.29, 1.82) is 0 Å². The number of aromatic nitrogens is 5. The van der Waals surface area contributed by atoms with Crippen LogP contribution in [-0.4, -0.2) is 49.9 Å². The lowest BCUT2D eigenvalue weighted by Gasteiger charge is -2.35. The number of benzene rings is 1. The molecule has 7 aromatic heterocycles. The van der Waals surface area contributed by atoms with Crippen LogP contribution in [0.5, 0.6) is 0 Å². The first-order valence-corrected chi connectivity index (χ1v) is 22.7. The third-order valence-electron chi connectivity index (χ3n) is 10.3. The maximum atomic E-state index is 14.0. The molecule has 2 aliphatic rings. The molecule has 8 aromatic rings. The van der Waals surface area contributed by atoms with Gasteiger partial charge in [0.1, 0.15) is 34.6 Å². The molecule has 276 valence electrons. The molecule has 0 amide bonds. The minimum atomic E-state index is -1.31. The van der Waals surface area contributed by atoms with E-state index in [0.29, 0.717) is 48.9 Å².